The van der Waals surface area contributed by atoms with Gasteiger partial charge < -0.3 is 34.0 Å². The number of aromatic nitrogens is 1. The molecule has 1 aromatic heterocycles. The van der Waals surface area contributed by atoms with Crippen LogP contribution in [0.4, 0.5) is 4.79 Å². The summed E-state index contributed by atoms with van der Waals surface area (Å²) in [6.45, 7) is 4.80. The monoisotopic (exact) mass is 682 g/mol. The molecule has 12 nitrogen and oxygen atoms in total. The fourth-order valence-corrected chi connectivity index (χ4v) is 8.55. The summed E-state index contributed by atoms with van der Waals surface area (Å²) in [5, 5.41) is 14.5. The van der Waals surface area contributed by atoms with E-state index in [-0.39, 0.29) is 48.6 Å². The molecule has 2 N–H and O–H groups in total. The second-order valence-corrected chi connectivity index (χ2v) is 15.8. The molecule has 7 atom stereocenters. The lowest BCUT2D eigenvalue weighted by Gasteiger charge is -2.37. The number of oxazole rings is 1. The number of alkyl carbamates (subject to hydrolysis) is 1. The fourth-order valence-electron chi connectivity index (χ4n) is 6.92. The molecule has 1 amide bonds. The van der Waals surface area contributed by atoms with Crippen molar-refractivity contribution in [3.8, 4) is 11.3 Å². The first-order chi connectivity index (χ1) is 23.0. The largest absolute Gasteiger partial charge is 0.443 e. The second-order valence-electron chi connectivity index (χ2n) is 13.8. The van der Waals surface area contributed by atoms with Gasteiger partial charge >= 0.3 is 6.09 Å². The summed E-state index contributed by atoms with van der Waals surface area (Å²) in [6.07, 6.45) is 0.757. The molecule has 7 unspecified atom stereocenters. The number of aliphatic hydroxyl groups is 1. The Hall–Kier alpha value is -3.33. The van der Waals surface area contributed by atoms with Crippen LogP contribution in [-0.4, -0.2) is 98.2 Å². The van der Waals surface area contributed by atoms with Crippen LogP contribution in [0.2, 0.25) is 0 Å². The molecule has 2 aliphatic heterocycles. The van der Waals surface area contributed by atoms with E-state index in [1.807, 2.05) is 63.2 Å². The Morgan fingerprint density at radius 3 is 2.52 bits per heavy atom. The summed E-state index contributed by atoms with van der Waals surface area (Å²) in [7, 11) is -0.184. The first-order valence-corrected chi connectivity index (χ1v) is 18.1. The van der Waals surface area contributed by atoms with E-state index in [4.69, 9.17) is 18.6 Å². The summed E-state index contributed by atoms with van der Waals surface area (Å²) in [5.41, 5.74) is 1.58. The van der Waals surface area contributed by atoms with E-state index < -0.39 is 34.4 Å². The van der Waals surface area contributed by atoms with Gasteiger partial charge in [0.25, 0.3) is 0 Å². The molecule has 2 aromatic carbocycles. The van der Waals surface area contributed by atoms with Gasteiger partial charge in [-0.05, 0) is 69.1 Å². The first kappa shape index (κ1) is 34.5. The molecule has 2 saturated heterocycles. The average Bonchev–Trinajstić information content (AvgIpc) is 3.63. The predicted octanol–water partition coefficient (Wildman–Crippen LogP) is 3.90. The highest BCUT2D eigenvalue weighted by molar-refractivity contribution is 7.89. The summed E-state index contributed by atoms with van der Waals surface area (Å²) in [5.74, 6) is 1.46. The van der Waals surface area contributed by atoms with E-state index >= 15 is 0 Å². The van der Waals surface area contributed by atoms with Gasteiger partial charge in [0.2, 0.25) is 15.9 Å². The standard InChI is InChI=1S/C35H46N4O8S/c1-22(2)18-39(48(42,43)27-12-10-24(11-13-27)31-17-36-32(45-31)20-38(3)4)19-29(40)28(14-23-8-6-5-7-9-23)37-35(41)47-33-26-15-25-16-30(33)46-34(25)44-21-26/h5-13,17,22,25-26,28-30,33-34,40H,14-16,18-21H2,1-4H3,(H,37,41). The van der Waals surface area contributed by atoms with E-state index in [1.54, 1.807) is 18.3 Å². The third kappa shape index (κ3) is 7.93. The van der Waals surface area contributed by atoms with Crippen molar-refractivity contribution in [2.75, 3.05) is 33.8 Å². The minimum atomic E-state index is -4.02. The summed E-state index contributed by atoms with van der Waals surface area (Å²) in [6, 6.07) is 15.1. The van der Waals surface area contributed by atoms with Gasteiger partial charge in [0.1, 0.15) is 6.10 Å². The molecule has 3 heterocycles. The van der Waals surface area contributed by atoms with Crippen molar-refractivity contribution in [1.29, 1.82) is 0 Å². The summed E-state index contributed by atoms with van der Waals surface area (Å²) < 4.78 is 52.9. The molecule has 0 spiro atoms. The predicted molar refractivity (Wildman–Crippen MR) is 177 cm³/mol. The van der Waals surface area contributed by atoms with Crippen LogP contribution in [0.15, 0.2) is 70.1 Å². The molecule has 3 fully saturated rings. The number of nitrogens with one attached hydrogen (secondary N) is 1. The quantitative estimate of drug-likeness (QED) is 0.257. The zero-order valence-corrected chi connectivity index (χ0v) is 28.7. The zero-order valence-electron chi connectivity index (χ0n) is 27.9. The maximum Gasteiger partial charge on any atom is 0.407 e. The molecule has 48 heavy (non-hydrogen) atoms. The van der Waals surface area contributed by atoms with Gasteiger partial charge in [0.05, 0.1) is 42.5 Å². The summed E-state index contributed by atoms with van der Waals surface area (Å²) >= 11 is 0. The van der Waals surface area contributed by atoms with Crippen LogP contribution in [-0.2, 0) is 37.2 Å². The number of hydrogen-bond donors (Lipinski definition) is 2. The molecule has 3 bridgehead atoms. The van der Waals surface area contributed by atoms with Crippen molar-refractivity contribution >= 4 is 16.1 Å². The zero-order chi connectivity index (χ0) is 34.0. The van der Waals surface area contributed by atoms with Gasteiger partial charge in [-0.1, -0.05) is 44.2 Å². The number of sulfonamides is 1. The summed E-state index contributed by atoms with van der Waals surface area (Å²) in [4.78, 5) is 19.7. The van der Waals surface area contributed by atoms with Gasteiger partial charge in [-0.3, -0.25) is 0 Å². The maximum absolute atomic E-state index is 14.0. The Labute approximate surface area is 282 Å². The van der Waals surface area contributed by atoms with E-state index in [2.05, 4.69) is 10.3 Å². The molecule has 1 saturated carbocycles. The van der Waals surface area contributed by atoms with Crippen LogP contribution >= 0.6 is 0 Å². The number of nitrogens with zero attached hydrogens (tertiary/aromatic N) is 3. The van der Waals surface area contributed by atoms with E-state index in [1.165, 1.54) is 16.4 Å². The average molecular weight is 683 g/mol. The fraction of sp³-hybridized carbons (Fsp3) is 0.543. The topological polar surface area (TPSA) is 144 Å². The highest BCUT2D eigenvalue weighted by Crippen LogP contribution is 2.46. The number of benzene rings is 2. The molecular formula is C35H46N4O8S. The van der Waals surface area contributed by atoms with Crippen LogP contribution < -0.4 is 5.32 Å². The van der Waals surface area contributed by atoms with Crippen LogP contribution in [0.25, 0.3) is 11.3 Å². The lowest BCUT2D eigenvalue weighted by atomic mass is 9.78. The van der Waals surface area contributed by atoms with E-state index in [9.17, 15) is 18.3 Å². The number of rotatable bonds is 14. The van der Waals surface area contributed by atoms with Crippen molar-refractivity contribution < 1.29 is 36.9 Å². The Morgan fingerprint density at radius 2 is 1.81 bits per heavy atom. The maximum atomic E-state index is 14.0. The van der Waals surface area contributed by atoms with Crippen molar-refractivity contribution in [1.82, 2.24) is 19.5 Å². The Morgan fingerprint density at radius 1 is 1.06 bits per heavy atom. The third-order valence-electron chi connectivity index (χ3n) is 9.19. The first-order valence-electron chi connectivity index (χ1n) is 16.6. The van der Waals surface area contributed by atoms with Crippen molar-refractivity contribution in [3.05, 3.63) is 72.2 Å². The van der Waals surface area contributed by atoms with E-state index in [0.29, 0.717) is 36.3 Å². The molecule has 0 radical (unpaired) electrons. The second kappa shape index (κ2) is 14.7. The number of amides is 1. The smallest absolute Gasteiger partial charge is 0.407 e. The highest BCUT2D eigenvalue weighted by atomic mass is 32.2. The van der Waals surface area contributed by atoms with Gasteiger partial charge in [0.15, 0.2) is 12.1 Å². The number of carbonyl (C=O) groups excluding carboxylic acids is 1. The van der Waals surface area contributed by atoms with Gasteiger partial charge in [-0.15, -0.1) is 0 Å². The minimum Gasteiger partial charge on any atom is -0.443 e. The Kier molecular flexibility index (Phi) is 10.5. The van der Waals surface area contributed by atoms with Gasteiger partial charge in [-0.25, -0.2) is 18.2 Å². The third-order valence-corrected chi connectivity index (χ3v) is 11.0. The van der Waals surface area contributed by atoms with Crippen molar-refractivity contribution in [2.45, 2.75) is 75.2 Å². The van der Waals surface area contributed by atoms with Crippen molar-refractivity contribution in [2.24, 2.45) is 17.8 Å². The number of carbonyl (C=O) groups is 1. The highest BCUT2D eigenvalue weighted by Gasteiger charge is 2.53. The molecule has 1 aliphatic carbocycles. The molecule has 3 aliphatic rings. The van der Waals surface area contributed by atoms with Crippen molar-refractivity contribution in [3.63, 3.8) is 0 Å². The van der Waals surface area contributed by atoms with Crippen LogP contribution in [0, 0.1) is 17.8 Å². The SMILES string of the molecule is CC(C)CN(CC(O)C(Cc1ccccc1)NC(=O)OC1C2COC3OC1CC3C2)S(=O)(=O)c1ccc(-c2cnc(CN(C)C)o2)cc1. The van der Waals surface area contributed by atoms with Crippen LogP contribution in [0.3, 0.4) is 0 Å². The number of aliphatic hydroxyl groups excluding tert-OH is 1. The van der Waals surface area contributed by atoms with Crippen LogP contribution in [0.5, 0.6) is 0 Å². The van der Waals surface area contributed by atoms with Gasteiger partial charge in [-0.2, -0.15) is 4.31 Å². The van der Waals surface area contributed by atoms with E-state index in [0.717, 1.165) is 18.4 Å². The molecule has 13 heteroatoms. The Bertz CT molecular complexity index is 1620. The van der Waals surface area contributed by atoms with Gasteiger partial charge in [0, 0.05) is 30.5 Å². The number of fused-ring (bicyclic) bond motifs is 2. The lowest BCUT2D eigenvalue weighted by molar-refractivity contribution is -0.153. The Balaban J connectivity index is 1.17. The lowest BCUT2D eigenvalue weighted by Crippen LogP contribution is -2.53. The molecular weight excluding hydrogens is 636 g/mol. The number of ether oxygens (including phenoxy) is 3. The van der Waals surface area contributed by atoms with Crippen LogP contribution in [0.1, 0.15) is 38.1 Å². The molecule has 6 rings (SSSR count). The minimum absolute atomic E-state index is 0.0277. The number of hydrogen-bond acceptors (Lipinski definition) is 10. The molecule has 260 valence electrons. The normalized spacial score (nSPS) is 24.7. The molecule has 3 aromatic rings.